The molecule has 2 aromatic carbocycles. The number of ketones is 2. The van der Waals surface area contributed by atoms with Crippen LogP contribution in [0.4, 0.5) is 0 Å². The van der Waals surface area contributed by atoms with E-state index in [0.717, 1.165) is 4.57 Å². The number of aromatic hydroxyl groups is 2. The zero-order valence-corrected chi connectivity index (χ0v) is 35.7. The van der Waals surface area contributed by atoms with E-state index in [2.05, 4.69) is 25.8 Å². The summed E-state index contributed by atoms with van der Waals surface area (Å²) in [5, 5.41) is 31.8. The van der Waals surface area contributed by atoms with Crippen molar-refractivity contribution in [2.24, 2.45) is 11.6 Å². The van der Waals surface area contributed by atoms with Gasteiger partial charge in [-0.1, -0.05) is 64.7 Å². The fourth-order valence-corrected chi connectivity index (χ4v) is 5.01. The molecule has 18 heteroatoms. The number of nitrogens with two attached hydrogens (primary N) is 2. The number of hydrogen-bond donors (Lipinski definition) is 5. The first-order chi connectivity index (χ1) is 20.0. The first-order valence-electron chi connectivity index (χ1n) is 11.6. The Kier molecular flexibility index (Phi) is 13.5. The van der Waals surface area contributed by atoms with E-state index >= 15 is 0 Å². The van der Waals surface area contributed by atoms with Crippen molar-refractivity contribution >= 4 is 63.7 Å². The molecule has 0 amide bonds. The van der Waals surface area contributed by atoms with E-state index in [1.54, 1.807) is 6.07 Å². The second-order valence-corrected chi connectivity index (χ2v) is 10.2. The van der Waals surface area contributed by atoms with Crippen molar-refractivity contribution in [1.29, 1.82) is 0 Å². The predicted molar refractivity (Wildman–Crippen MR) is 157 cm³/mol. The van der Waals surface area contributed by atoms with Gasteiger partial charge in [-0.15, -0.1) is 6.20 Å². The first-order valence-corrected chi connectivity index (χ1v) is 13.1. The van der Waals surface area contributed by atoms with Gasteiger partial charge in [-0.25, -0.2) is 0 Å². The molecule has 12 nitrogen and oxygen atoms in total. The van der Waals surface area contributed by atoms with Crippen LogP contribution in [0, 0.1) is 0 Å². The second-order valence-electron chi connectivity index (χ2n) is 8.66. The summed E-state index contributed by atoms with van der Waals surface area (Å²) in [7, 11) is 0. The fraction of sp³-hybridized carbons (Fsp3) is 0. The molecular weight excluding hydrogens is 801 g/mol. The normalized spacial score (nSPS) is 11.1. The molecule has 0 aliphatic rings. The summed E-state index contributed by atoms with van der Waals surface area (Å²) in [4.78, 5) is 30.1. The Labute approximate surface area is 367 Å². The number of H-pyrrole nitrogens is 1. The summed E-state index contributed by atoms with van der Waals surface area (Å²) in [5.41, 5.74) is 9.76. The number of aromatic amines is 1. The smallest absolute Gasteiger partial charge is 0.630 e. The SMILES string of the molecule is N[N-]/C=C(\N)c1ccc(C(=O)c2[nH]c(Cl)c(Cl)c2-n2c(C(=O)c3ccc(-c4c[n-]nn4)cc3O)cc(Cl)c2Cl)c(O)c1.[Rb+].[Rb+]. The number of benzene rings is 2. The Bertz CT molecular complexity index is 1910. The van der Waals surface area contributed by atoms with E-state index in [0.29, 0.717) is 16.8 Å². The van der Waals surface area contributed by atoms with Crippen LogP contribution in [0.2, 0.25) is 20.4 Å². The number of hydrogen-bond acceptors (Lipinski definition) is 8. The van der Waals surface area contributed by atoms with Crippen molar-refractivity contribution in [1.82, 2.24) is 25.0 Å². The molecule has 0 bridgehead atoms. The summed E-state index contributed by atoms with van der Waals surface area (Å²) >= 11 is 25.6. The average molecular weight is 817 g/mol. The van der Waals surface area contributed by atoms with Crippen LogP contribution in [0.15, 0.2) is 54.9 Å². The van der Waals surface area contributed by atoms with Crippen molar-refractivity contribution in [3.8, 4) is 28.4 Å². The third kappa shape index (κ3) is 7.33. The first kappa shape index (κ1) is 37.6. The minimum absolute atomic E-state index is 0. The fourth-order valence-electron chi connectivity index (χ4n) is 4.18. The average Bonchev–Trinajstić information content (AvgIpc) is 3.67. The molecule has 0 saturated heterocycles. The minimum Gasteiger partial charge on any atom is -0.630 e. The van der Waals surface area contributed by atoms with Gasteiger partial charge in [0.2, 0.25) is 11.6 Å². The van der Waals surface area contributed by atoms with Crippen LogP contribution in [-0.2, 0) is 0 Å². The Balaban J connectivity index is 0.00000264. The number of carbonyl (C=O) groups excluding carboxylic acids is 2. The number of nitrogens with one attached hydrogen (secondary N) is 1. The minimum atomic E-state index is -0.759. The van der Waals surface area contributed by atoms with Gasteiger partial charge >= 0.3 is 116 Å². The molecule has 44 heavy (non-hydrogen) atoms. The number of phenols is 2. The zero-order chi connectivity index (χ0) is 30.3. The standard InChI is InChI=1S/C26H18Cl4N8O4.2Rb/c27-14-7-17(23(41)12-4-2-11(6-19(12)40)16-9-34-37-36-16)38(26(14)30)22-20(28)25(29)35-21(22)24(42)13-3-1-10(5-18(13)39)15(31)8-33-32;;/h1-9H,(H9,31,32,33,34,35,36,37,39,40,41,42);;/q;2*+1/p-2. The van der Waals surface area contributed by atoms with Gasteiger partial charge in [-0.3, -0.25) is 19.4 Å². The maximum Gasteiger partial charge on any atom is 1.00 e. The quantitative estimate of drug-likeness (QED) is 0.0757. The second kappa shape index (κ2) is 15.8. The zero-order valence-electron chi connectivity index (χ0n) is 22.8. The van der Waals surface area contributed by atoms with Gasteiger partial charge in [-0.2, -0.15) is 0 Å². The van der Waals surface area contributed by atoms with Crippen LogP contribution in [0.25, 0.3) is 28.1 Å². The Morgan fingerprint density at radius 2 is 1.64 bits per heavy atom. The van der Waals surface area contributed by atoms with Gasteiger partial charge in [0.25, 0.3) is 0 Å². The molecule has 3 heterocycles. The Hall–Kier alpha value is -0.850. The molecule has 0 unspecified atom stereocenters. The molecule has 7 N–H and O–H groups in total. The molecule has 0 aliphatic carbocycles. The van der Waals surface area contributed by atoms with E-state index in [-0.39, 0.29) is 176 Å². The number of halogens is 4. The summed E-state index contributed by atoms with van der Waals surface area (Å²) in [6, 6.07) is 9.51. The molecule has 0 saturated carbocycles. The van der Waals surface area contributed by atoms with Crippen molar-refractivity contribution < 1.29 is 136 Å². The van der Waals surface area contributed by atoms with Crippen LogP contribution >= 0.6 is 46.4 Å². The number of phenolic OH excluding ortho intramolecular Hbond substituents is 2. The number of aromatic nitrogens is 5. The molecule has 214 valence electrons. The molecule has 0 atom stereocenters. The molecular formula is C26H16Cl4N8O4Rb2. The maximum atomic E-state index is 13.7. The van der Waals surface area contributed by atoms with Crippen molar-refractivity contribution in [3.05, 3.63) is 109 Å². The van der Waals surface area contributed by atoms with Crippen LogP contribution in [-0.4, -0.2) is 41.6 Å². The number of carbonyl (C=O) groups is 2. The van der Waals surface area contributed by atoms with Crippen molar-refractivity contribution in [3.63, 3.8) is 0 Å². The topological polar surface area (TPSA) is 201 Å². The summed E-state index contributed by atoms with van der Waals surface area (Å²) in [6.07, 6.45) is 2.57. The summed E-state index contributed by atoms with van der Waals surface area (Å²) < 4.78 is 1.12. The van der Waals surface area contributed by atoms with Crippen LogP contribution < -0.4 is 133 Å². The van der Waals surface area contributed by atoms with Gasteiger partial charge in [-0.05, 0) is 47.2 Å². The van der Waals surface area contributed by atoms with Crippen molar-refractivity contribution in [2.45, 2.75) is 0 Å². The molecule has 3 aromatic heterocycles. The maximum absolute atomic E-state index is 13.7. The van der Waals surface area contributed by atoms with Gasteiger partial charge < -0.3 is 42.4 Å². The molecule has 0 aliphatic heterocycles. The molecule has 0 spiro atoms. The third-order valence-electron chi connectivity index (χ3n) is 6.16. The predicted octanol–water partition coefficient (Wildman–Crippen LogP) is -0.781. The summed E-state index contributed by atoms with van der Waals surface area (Å²) in [5.74, 6) is 2.84. The van der Waals surface area contributed by atoms with Crippen LogP contribution in [0.5, 0.6) is 11.5 Å². The third-order valence-corrected chi connectivity index (χ3v) is 7.67. The monoisotopic (exact) mass is 814 g/mol. The van der Waals surface area contributed by atoms with Gasteiger partial charge in [0.15, 0.2) is 0 Å². The summed E-state index contributed by atoms with van der Waals surface area (Å²) in [6.45, 7) is 0. The van der Waals surface area contributed by atoms with Crippen LogP contribution in [0.1, 0.15) is 37.7 Å². The van der Waals surface area contributed by atoms with Crippen molar-refractivity contribution in [2.75, 3.05) is 0 Å². The van der Waals surface area contributed by atoms with E-state index in [1.165, 1.54) is 48.8 Å². The van der Waals surface area contributed by atoms with Gasteiger partial charge in [0.05, 0.1) is 27.5 Å². The van der Waals surface area contributed by atoms with Crippen LogP contribution in [0.3, 0.4) is 0 Å². The largest absolute Gasteiger partial charge is 1.00 e. The molecule has 5 rings (SSSR count). The van der Waals surface area contributed by atoms with Gasteiger partial charge in [0.1, 0.15) is 32.5 Å². The van der Waals surface area contributed by atoms with E-state index < -0.39 is 17.3 Å². The number of nitrogens with zero attached hydrogens (tertiary/aromatic N) is 5. The molecule has 0 fully saturated rings. The number of rotatable bonds is 8. The van der Waals surface area contributed by atoms with E-state index in [1.807, 2.05) is 0 Å². The van der Waals surface area contributed by atoms with E-state index in [9.17, 15) is 19.8 Å². The molecule has 5 aromatic rings. The Morgan fingerprint density at radius 1 is 0.977 bits per heavy atom. The van der Waals surface area contributed by atoms with E-state index in [4.69, 9.17) is 58.0 Å². The molecule has 0 radical (unpaired) electrons. The van der Waals surface area contributed by atoms with Gasteiger partial charge in [0, 0.05) is 5.70 Å². The Morgan fingerprint density at radius 3 is 2.25 bits per heavy atom.